The van der Waals surface area contributed by atoms with Crippen molar-refractivity contribution in [2.45, 2.75) is 32.9 Å². The highest BCUT2D eigenvalue weighted by Gasteiger charge is 2.21. The zero-order valence-corrected chi connectivity index (χ0v) is 13.1. The van der Waals surface area contributed by atoms with Crippen LogP contribution in [0.5, 0.6) is 0 Å². The van der Waals surface area contributed by atoms with Gasteiger partial charge in [-0.2, -0.15) is 5.10 Å². The van der Waals surface area contributed by atoms with Gasteiger partial charge in [-0.25, -0.2) is 0 Å². The molecule has 0 fully saturated rings. The molecule has 1 atom stereocenters. The lowest BCUT2D eigenvalue weighted by Crippen LogP contribution is -2.30. The SMILES string of the molecule is CCn1nc(C)c(Br)c1CC(NN)c1ccoc1Cl. The van der Waals surface area contributed by atoms with Crippen molar-refractivity contribution >= 4 is 27.5 Å². The molecular formula is C12H16BrClN4O. The summed E-state index contributed by atoms with van der Waals surface area (Å²) in [5.41, 5.74) is 5.67. The van der Waals surface area contributed by atoms with Crippen LogP contribution in [0.15, 0.2) is 21.2 Å². The van der Waals surface area contributed by atoms with Gasteiger partial charge in [0.05, 0.1) is 28.2 Å². The third kappa shape index (κ3) is 2.86. The topological polar surface area (TPSA) is 69.0 Å². The number of halogens is 2. The van der Waals surface area contributed by atoms with Gasteiger partial charge in [-0.05, 0) is 47.4 Å². The van der Waals surface area contributed by atoms with Crippen molar-refractivity contribution < 1.29 is 4.42 Å². The highest BCUT2D eigenvalue weighted by Crippen LogP contribution is 2.29. The third-order valence-corrected chi connectivity index (χ3v) is 4.41. The monoisotopic (exact) mass is 346 g/mol. The molecule has 0 amide bonds. The van der Waals surface area contributed by atoms with Crippen LogP contribution in [-0.4, -0.2) is 9.78 Å². The molecule has 0 bridgehead atoms. The van der Waals surface area contributed by atoms with Gasteiger partial charge in [0.2, 0.25) is 0 Å². The van der Waals surface area contributed by atoms with E-state index in [9.17, 15) is 0 Å². The number of rotatable bonds is 5. The molecule has 0 radical (unpaired) electrons. The summed E-state index contributed by atoms with van der Waals surface area (Å²) in [5.74, 6) is 5.63. The molecule has 3 N–H and O–H groups in total. The van der Waals surface area contributed by atoms with E-state index in [0.29, 0.717) is 11.6 Å². The van der Waals surface area contributed by atoms with E-state index < -0.39 is 0 Å². The quantitative estimate of drug-likeness (QED) is 0.644. The van der Waals surface area contributed by atoms with Gasteiger partial charge in [0, 0.05) is 18.5 Å². The minimum atomic E-state index is -0.121. The molecule has 0 saturated heterocycles. The Hall–Kier alpha value is -0.820. The lowest BCUT2D eigenvalue weighted by atomic mass is 10.1. The molecule has 2 aromatic rings. The second kappa shape index (κ2) is 6.09. The predicted molar refractivity (Wildman–Crippen MR) is 77.8 cm³/mol. The van der Waals surface area contributed by atoms with E-state index in [4.69, 9.17) is 21.9 Å². The molecule has 7 heteroatoms. The maximum atomic E-state index is 6.00. The second-order valence-electron chi connectivity index (χ2n) is 4.23. The highest BCUT2D eigenvalue weighted by atomic mass is 79.9. The molecule has 2 aromatic heterocycles. The van der Waals surface area contributed by atoms with Crippen molar-refractivity contribution in [1.29, 1.82) is 0 Å². The molecule has 5 nitrogen and oxygen atoms in total. The summed E-state index contributed by atoms with van der Waals surface area (Å²) in [6.45, 7) is 4.83. The van der Waals surface area contributed by atoms with Gasteiger partial charge < -0.3 is 4.42 Å². The summed E-state index contributed by atoms with van der Waals surface area (Å²) in [6.07, 6.45) is 2.23. The summed E-state index contributed by atoms with van der Waals surface area (Å²) in [7, 11) is 0. The predicted octanol–water partition coefficient (Wildman–Crippen LogP) is 2.97. The third-order valence-electron chi connectivity index (χ3n) is 3.07. The second-order valence-corrected chi connectivity index (χ2v) is 5.37. The lowest BCUT2D eigenvalue weighted by Gasteiger charge is -2.15. The van der Waals surface area contributed by atoms with Gasteiger partial charge in [0.1, 0.15) is 0 Å². The van der Waals surface area contributed by atoms with Gasteiger partial charge in [-0.3, -0.25) is 16.0 Å². The van der Waals surface area contributed by atoms with Crippen molar-refractivity contribution in [2.75, 3.05) is 0 Å². The first-order valence-electron chi connectivity index (χ1n) is 5.99. The van der Waals surface area contributed by atoms with E-state index in [0.717, 1.165) is 28.0 Å². The lowest BCUT2D eigenvalue weighted by molar-refractivity contribution is 0.504. The molecule has 0 saturated carbocycles. The van der Waals surface area contributed by atoms with Crippen LogP contribution in [0, 0.1) is 6.92 Å². The number of aryl methyl sites for hydroxylation is 2. The van der Waals surface area contributed by atoms with Crippen LogP contribution >= 0.6 is 27.5 Å². The fourth-order valence-electron chi connectivity index (χ4n) is 2.07. The molecule has 0 aromatic carbocycles. The molecule has 1 unspecified atom stereocenters. The Morgan fingerprint density at radius 3 is 2.89 bits per heavy atom. The summed E-state index contributed by atoms with van der Waals surface area (Å²) in [5, 5.41) is 4.82. The van der Waals surface area contributed by atoms with Gasteiger partial charge >= 0.3 is 0 Å². The summed E-state index contributed by atoms with van der Waals surface area (Å²) >= 11 is 9.57. The smallest absolute Gasteiger partial charge is 0.197 e. The van der Waals surface area contributed by atoms with Crippen LogP contribution in [-0.2, 0) is 13.0 Å². The fourth-order valence-corrected chi connectivity index (χ4v) is 2.76. The average molecular weight is 348 g/mol. The van der Waals surface area contributed by atoms with Crippen LogP contribution in [0.3, 0.4) is 0 Å². The van der Waals surface area contributed by atoms with E-state index >= 15 is 0 Å². The van der Waals surface area contributed by atoms with Crippen molar-refractivity contribution in [3.63, 3.8) is 0 Å². The molecule has 0 aliphatic rings. The number of aromatic nitrogens is 2. The first-order chi connectivity index (χ1) is 9.08. The maximum Gasteiger partial charge on any atom is 0.197 e. The van der Waals surface area contributed by atoms with Crippen LogP contribution in [0.2, 0.25) is 5.22 Å². The van der Waals surface area contributed by atoms with Gasteiger partial charge in [-0.15, -0.1) is 0 Å². The van der Waals surface area contributed by atoms with Gasteiger partial charge in [-0.1, -0.05) is 0 Å². The Balaban J connectivity index is 2.31. The number of nitrogens with two attached hydrogens (primary N) is 1. The molecule has 0 aliphatic carbocycles. The van der Waals surface area contributed by atoms with Gasteiger partial charge in [0.15, 0.2) is 5.22 Å². The van der Waals surface area contributed by atoms with E-state index in [2.05, 4.69) is 33.4 Å². The Bertz CT molecular complexity index is 566. The van der Waals surface area contributed by atoms with E-state index in [1.807, 2.05) is 17.7 Å². The number of nitrogens with one attached hydrogen (secondary N) is 1. The van der Waals surface area contributed by atoms with E-state index in [1.165, 1.54) is 0 Å². The summed E-state index contributed by atoms with van der Waals surface area (Å²) in [4.78, 5) is 0. The number of hydrazine groups is 1. The molecule has 2 heterocycles. The molecule has 104 valence electrons. The minimum absolute atomic E-state index is 0.121. The van der Waals surface area contributed by atoms with Crippen molar-refractivity contribution in [3.8, 4) is 0 Å². The molecule has 19 heavy (non-hydrogen) atoms. The first kappa shape index (κ1) is 14.6. The van der Waals surface area contributed by atoms with Crippen molar-refractivity contribution in [2.24, 2.45) is 5.84 Å². The van der Waals surface area contributed by atoms with E-state index in [1.54, 1.807) is 6.26 Å². The Morgan fingerprint density at radius 2 is 2.37 bits per heavy atom. The van der Waals surface area contributed by atoms with Crippen LogP contribution in [0.25, 0.3) is 0 Å². The van der Waals surface area contributed by atoms with Gasteiger partial charge in [0.25, 0.3) is 0 Å². The van der Waals surface area contributed by atoms with Crippen molar-refractivity contribution in [3.05, 3.63) is 39.0 Å². The Labute approximate surface area is 125 Å². The normalized spacial score (nSPS) is 12.9. The van der Waals surface area contributed by atoms with Crippen LogP contribution < -0.4 is 11.3 Å². The maximum absolute atomic E-state index is 6.00. The van der Waals surface area contributed by atoms with Crippen molar-refractivity contribution in [1.82, 2.24) is 15.2 Å². The average Bonchev–Trinajstić information content (AvgIpc) is 2.93. The molecule has 0 aliphatic heterocycles. The minimum Gasteiger partial charge on any atom is -0.453 e. The Kier molecular flexibility index (Phi) is 4.67. The zero-order chi connectivity index (χ0) is 14.0. The number of hydrogen-bond acceptors (Lipinski definition) is 4. The van der Waals surface area contributed by atoms with Crippen LogP contribution in [0.1, 0.15) is 29.9 Å². The van der Waals surface area contributed by atoms with Crippen LogP contribution in [0.4, 0.5) is 0 Å². The molecular weight excluding hydrogens is 332 g/mol. The number of furan rings is 1. The molecule has 0 spiro atoms. The highest BCUT2D eigenvalue weighted by molar-refractivity contribution is 9.10. The standard InChI is InChI=1S/C12H16BrClN4O/c1-3-18-10(11(13)7(2)17-18)6-9(16-15)8-4-5-19-12(8)14/h4-5,9,16H,3,6,15H2,1-2H3. The number of hydrogen-bond donors (Lipinski definition) is 2. The molecule has 2 rings (SSSR count). The van der Waals surface area contributed by atoms with E-state index in [-0.39, 0.29) is 6.04 Å². The first-order valence-corrected chi connectivity index (χ1v) is 7.16. The number of nitrogens with zero attached hydrogens (tertiary/aromatic N) is 2. The fraction of sp³-hybridized carbons (Fsp3) is 0.417. The summed E-state index contributed by atoms with van der Waals surface area (Å²) < 4.78 is 8.08. The summed E-state index contributed by atoms with van der Waals surface area (Å²) in [6, 6.07) is 1.70. The largest absolute Gasteiger partial charge is 0.453 e. The zero-order valence-electron chi connectivity index (χ0n) is 10.8. The Morgan fingerprint density at radius 1 is 1.63 bits per heavy atom.